The minimum Gasteiger partial charge on any atom is -0.456 e. The van der Waals surface area contributed by atoms with Crippen molar-refractivity contribution in [1.29, 1.82) is 5.26 Å². The van der Waals surface area contributed by atoms with Gasteiger partial charge in [-0.1, -0.05) is 200 Å². The molecule has 0 aliphatic carbocycles. The predicted octanol–water partition coefficient (Wildman–Crippen LogP) is 22.5. The van der Waals surface area contributed by atoms with Gasteiger partial charge in [0.1, 0.15) is 40.0 Å². The first-order valence-electron chi connectivity index (χ1n) is 30.8. The van der Waals surface area contributed by atoms with Crippen LogP contribution in [0.1, 0.15) is 5.56 Å². The molecule has 92 heavy (non-hydrogen) atoms. The Balaban J connectivity index is 0.998. The second-order valence-electron chi connectivity index (χ2n) is 23.8. The highest BCUT2D eigenvalue weighted by Gasteiger charge is 2.33. The molecule has 0 unspecified atom stereocenters. The normalized spacial score (nSPS) is 12.1. The quantitative estimate of drug-likeness (QED) is 0.159. The summed E-state index contributed by atoms with van der Waals surface area (Å²) in [6.07, 6.45) is 0. The molecule has 0 N–H and O–H groups in total. The maximum Gasteiger partial charge on any atom is 0.165 e. The highest BCUT2D eigenvalue weighted by molar-refractivity contribution is 7.25. The summed E-state index contributed by atoms with van der Waals surface area (Å²) in [5, 5.41) is 25.9. The zero-order valence-electron chi connectivity index (χ0n) is 49.0. The molecule has 0 amide bonds. The zero-order chi connectivity index (χ0) is 60.3. The molecule has 0 saturated heterocycles. The van der Waals surface area contributed by atoms with Gasteiger partial charge in [-0.25, -0.2) is 9.97 Å². The van der Waals surface area contributed by atoms with Gasteiger partial charge < -0.3 is 13.4 Å². The van der Waals surface area contributed by atoms with Crippen LogP contribution < -0.4 is 0 Å². The van der Waals surface area contributed by atoms with Crippen LogP contribution in [0.15, 0.2) is 288 Å². The van der Waals surface area contributed by atoms with E-state index >= 15 is 0 Å². The average Bonchev–Trinajstić information content (AvgIpc) is 1.41. The molecule has 0 spiro atoms. The molecule has 0 aliphatic rings. The van der Waals surface area contributed by atoms with E-state index in [1.807, 2.05) is 30.3 Å². The fraction of sp³-hybridized carbons (Fsp3) is 0. The molecule has 20 aromatic rings. The molecular formula is C83H46N6O2S. The minimum absolute atomic E-state index is 0.366. The number of fused-ring (bicyclic) bond motifs is 18. The summed E-state index contributed by atoms with van der Waals surface area (Å²) < 4.78 is 22.7. The van der Waals surface area contributed by atoms with Crippen molar-refractivity contribution in [2.45, 2.75) is 0 Å². The highest BCUT2D eigenvalue weighted by Crippen LogP contribution is 2.53. The van der Waals surface area contributed by atoms with Crippen molar-refractivity contribution < 1.29 is 8.83 Å². The first-order chi connectivity index (χ1) is 45.6. The average molecular weight is 1190 g/mol. The van der Waals surface area contributed by atoms with E-state index in [-0.39, 0.29) is 0 Å². The number of para-hydroxylation sites is 5. The number of thiophene rings is 1. The molecule has 0 saturated carbocycles. The Morgan fingerprint density at radius 2 is 0.696 bits per heavy atom. The van der Waals surface area contributed by atoms with E-state index in [0.717, 1.165) is 153 Å². The number of nitrogens with zero attached hydrogens (tertiary/aromatic N) is 6. The molecule has 0 bridgehead atoms. The van der Waals surface area contributed by atoms with E-state index < -0.39 is 0 Å². The summed E-state index contributed by atoms with van der Waals surface area (Å²) >= 11 is 1.79. The van der Waals surface area contributed by atoms with Crippen molar-refractivity contribution in [3.8, 4) is 68.2 Å². The predicted molar refractivity (Wildman–Crippen MR) is 379 cm³/mol. The van der Waals surface area contributed by atoms with Gasteiger partial charge in [0.25, 0.3) is 0 Å². The van der Waals surface area contributed by atoms with Crippen LogP contribution in [0.25, 0.3) is 192 Å². The van der Waals surface area contributed by atoms with Crippen molar-refractivity contribution in [1.82, 2.24) is 23.7 Å². The van der Waals surface area contributed by atoms with E-state index in [1.54, 1.807) is 11.3 Å². The first-order valence-corrected chi connectivity index (χ1v) is 31.7. The lowest BCUT2D eigenvalue weighted by atomic mass is 9.80. The van der Waals surface area contributed by atoms with Crippen LogP contribution in [0.2, 0.25) is 0 Å². The number of furan rings is 2. The number of hydrogen-bond donors (Lipinski definition) is 0. The summed E-state index contributed by atoms with van der Waals surface area (Å²) in [5.74, 6) is 1.57. The molecule has 9 heteroatoms. The lowest BCUT2D eigenvalue weighted by Gasteiger charge is -2.26. The Hall–Kier alpha value is -12.4. The number of rotatable bonds is 7. The summed E-state index contributed by atoms with van der Waals surface area (Å²) in [6, 6.07) is 101. The van der Waals surface area contributed by atoms with Gasteiger partial charge in [0, 0.05) is 114 Å². The van der Waals surface area contributed by atoms with Gasteiger partial charge >= 0.3 is 0 Å². The van der Waals surface area contributed by atoms with Crippen molar-refractivity contribution >= 4 is 141 Å². The smallest absolute Gasteiger partial charge is 0.165 e. The van der Waals surface area contributed by atoms with Crippen LogP contribution in [-0.4, -0.2) is 23.7 Å². The zero-order valence-corrected chi connectivity index (χ0v) is 49.8. The van der Waals surface area contributed by atoms with Crippen LogP contribution >= 0.6 is 11.3 Å². The molecule has 20 rings (SSSR count). The lowest BCUT2D eigenvalue weighted by Crippen LogP contribution is -2.11. The van der Waals surface area contributed by atoms with E-state index in [9.17, 15) is 5.26 Å². The maximum atomic E-state index is 12.9. The molecule has 0 aliphatic heterocycles. The molecule has 8 nitrogen and oxygen atoms in total. The Bertz CT molecular complexity index is 6370. The maximum absolute atomic E-state index is 12.9. The van der Waals surface area contributed by atoms with E-state index in [1.165, 1.54) is 15.5 Å². The van der Waals surface area contributed by atoms with Crippen molar-refractivity contribution in [2.24, 2.45) is 0 Å². The highest BCUT2D eigenvalue weighted by atomic mass is 32.1. The third-order valence-electron chi connectivity index (χ3n) is 18.9. The molecule has 13 aromatic carbocycles. The minimum atomic E-state index is 0.366. The van der Waals surface area contributed by atoms with Crippen molar-refractivity contribution in [3.05, 3.63) is 285 Å². The van der Waals surface area contributed by atoms with Crippen LogP contribution in [0.3, 0.4) is 0 Å². The van der Waals surface area contributed by atoms with Crippen LogP contribution in [0, 0.1) is 11.3 Å². The monoisotopic (exact) mass is 1190 g/mol. The van der Waals surface area contributed by atoms with Crippen molar-refractivity contribution in [2.75, 3.05) is 0 Å². The third-order valence-corrected chi connectivity index (χ3v) is 20.0. The van der Waals surface area contributed by atoms with Gasteiger partial charge in [-0.2, -0.15) is 5.26 Å². The number of benzene rings is 13. The van der Waals surface area contributed by atoms with Gasteiger partial charge in [-0.3, -0.25) is 9.13 Å². The largest absolute Gasteiger partial charge is 0.456 e. The summed E-state index contributed by atoms with van der Waals surface area (Å²) in [6.45, 7) is 0. The van der Waals surface area contributed by atoms with Gasteiger partial charge in [-0.05, 0) is 77.4 Å². The van der Waals surface area contributed by atoms with Gasteiger partial charge in [-0.15, -0.1) is 11.3 Å². The Labute approximate surface area is 528 Å². The molecule has 7 aromatic heterocycles. The first kappa shape index (κ1) is 50.6. The number of aromatic nitrogens is 5. The second-order valence-corrected chi connectivity index (χ2v) is 24.9. The summed E-state index contributed by atoms with van der Waals surface area (Å²) in [4.78, 5) is 12.0. The van der Waals surface area contributed by atoms with E-state index in [4.69, 9.17) is 18.8 Å². The fourth-order valence-corrected chi connectivity index (χ4v) is 16.1. The van der Waals surface area contributed by atoms with Gasteiger partial charge in [0.15, 0.2) is 5.82 Å². The van der Waals surface area contributed by atoms with E-state index in [0.29, 0.717) is 28.6 Å². The van der Waals surface area contributed by atoms with Gasteiger partial charge in [0.2, 0.25) is 0 Å². The Kier molecular flexibility index (Phi) is 10.6. The fourth-order valence-electron chi connectivity index (χ4n) is 15.0. The molecule has 0 radical (unpaired) electrons. The SMILES string of the molecule is N#Cc1c(-c2nc(-n3c4ccccc4c4cc5c(cc43)oc3ccccc35)cc(-n3c4ccccc4c4cc5c(cc43)oc3ccccc35)n2)c(-c2ccccc2)c(-c2ccccc2)c(-c2ccccc2)c1-n1c2ccccc2c2cc3c(cc21)sc1ccccc13. The molecular weight excluding hydrogens is 1150 g/mol. The van der Waals surface area contributed by atoms with Crippen LogP contribution in [0.4, 0.5) is 0 Å². The Morgan fingerprint density at radius 3 is 1.21 bits per heavy atom. The Morgan fingerprint density at radius 1 is 0.293 bits per heavy atom. The third kappa shape index (κ3) is 7.20. The topological polar surface area (TPSA) is 90.6 Å². The summed E-state index contributed by atoms with van der Waals surface area (Å²) in [5.41, 5.74) is 16.1. The van der Waals surface area contributed by atoms with Gasteiger partial charge in [0.05, 0.1) is 44.4 Å². The molecule has 0 atom stereocenters. The van der Waals surface area contributed by atoms with Crippen LogP contribution in [0.5, 0.6) is 0 Å². The molecule has 426 valence electrons. The molecule has 0 fully saturated rings. The van der Waals surface area contributed by atoms with Crippen LogP contribution in [-0.2, 0) is 0 Å². The lowest BCUT2D eigenvalue weighted by molar-refractivity contribution is 0.669. The second kappa shape index (κ2) is 19.3. The van der Waals surface area contributed by atoms with Crippen molar-refractivity contribution in [3.63, 3.8) is 0 Å². The molecule has 7 heterocycles. The standard InChI is InChI=1S/C83H46N6O2S/c84-47-63-81(79(49-24-6-2-7-25-49)78(48-22-4-1-5-23-48)80(50-26-8-3-9-27-50)82(63)89-66-36-18-12-30-53(66)59-42-62-56-33-15-21-39-74(56)92-75(62)45-69(59)89)83-85-76(87-64-34-16-10-28-51(64)57-40-60-54-31-13-19-37-70(54)90-72(60)43-67(57)87)46-77(86-83)88-65-35-17-11-29-52(65)58-41-61-55-32-14-20-38-71(55)91-73(61)44-68(58)88/h1-46H. The number of nitriles is 1. The number of hydrogen-bond acceptors (Lipinski definition) is 6. The summed E-state index contributed by atoms with van der Waals surface area (Å²) in [7, 11) is 0. The van der Waals surface area contributed by atoms with E-state index in [2.05, 4.69) is 268 Å².